The molecule has 0 aliphatic carbocycles. The minimum absolute atomic E-state index is 0.233. The summed E-state index contributed by atoms with van der Waals surface area (Å²) in [7, 11) is 1.53. The normalized spacial score (nSPS) is 12.4. The van der Waals surface area contributed by atoms with Crippen molar-refractivity contribution in [2.75, 3.05) is 13.7 Å². The standard InChI is InChI=1S/C10H13NO3/c1-14-6-9(11)7-4-2-3-5-8(7)10(12)13/h2-5,9H,6,11H2,1H3,(H,12,13). The maximum Gasteiger partial charge on any atom is 0.336 e. The predicted molar refractivity (Wildman–Crippen MR) is 52.2 cm³/mol. The largest absolute Gasteiger partial charge is 0.478 e. The summed E-state index contributed by atoms with van der Waals surface area (Å²) in [6.07, 6.45) is 0. The first-order valence-corrected chi connectivity index (χ1v) is 4.23. The van der Waals surface area contributed by atoms with Crippen molar-refractivity contribution >= 4 is 5.97 Å². The van der Waals surface area contributed by atoms with E-state index < -0.39 is 12.0 Å². The summed E-state index contributed by atoms with van der Waals surface area (Å²) in [5.41, 5.74) is 6.59. The van der Waals surface area contributed by atoms with Gasteiger partial charge in [0.15, 0.2) is 0 Å². The zero-order chi connectivity index (χ0) is 10.6. The number of carbonyl (C=O) groups is 1. The Morgan fingerprint density at radius 2 is 2.21 bits per heavy atom. The van der Waals surface area contributed by atoms with Gasteiger partial charge in [-0.15, -0.1) is 0 Å². The van der Waals surface area contributed by atoms with Gasteiger partial charge in [0, 0.05) is 7.11 Å². The molecular weight excluding hydrogens is 182 g/mol. The monoisotopic (exact) mass is 195 g/mol. The van der Waals surface area contributed by atoms with Crippen molar-refractivity contribution in [2.45, 2.75) is 6.04 Å². The fraction of sp³-hybridized carbons (Fsp3) is 0.300. The zero-order valence-corrected chi connectivity index (χ0v) is 7.93. The molecule has 1 rings (SSSR count). The van der Waals surface area contributed by atoms with Crippen LogP contribution in [0, 0.1) is 0 Å². The molecule has 0 saturated heterocycles. The van der Waals surface area contributed by atoms with E-state index in [0.29, 0.717) is 12.2 Å². The van der Waals surface area contributed by atoms with Gasteiger partial charge in [0.05, 0.1) is 18.2 Å². The highest BCUT2D eigenvalue weighted by atomic mass is 16.5. The Labute approximate surface area is 82.3 Å². The Balaban J connectivity index is 3.00. The van der Waals surface area contributed by atoms with Gasteiger partial charge in [0.1, 0.15) is 0 Å². The Kier molecular flexibility index (Phi) is 3.62. The van der Waals surface area contributed by atoms with Crippen LogP contribution < -0.4 is 5.73 Å². The molecule has 0 saturated carbocycles. The van der Waals surface area contributed by atoms with Gasteiger partial charge in [0.2, 0.25) is 0 Å². The molecule has 0 heterocycles. The fourth-order valence-corrected chi connectivity index (χ4v) is 1.28. The van der Waals surface area contributed by atoms with E-state index in [2.05, 4.69) is 0 Å². The summed E-state index contributed by atoms with van der Waals surface area (Å²) in [4.78, 5) is 10.8. The smallest absolute Gasteiger partial charge is 0.336 e. The van der Waals surface area contributed by atoms with Gasteiger partial charge in [-0.2, -0.15) is 0 Å². The minimum atomic E-state index is -0.966. The van der Waals surface area contributed by atoms with E-state index >= 15 is 0 Å². The van der Waals surface area contributed by atoms with Crippen LogP contribution in [0.4, 0.5) is 0 Å². The Bertz CT molecular complexity index is 325. The summed E-state index contributed by atoms with van der Waals surface area (Å²) >= 11 is 0. The summed E-state index contributed by atoms with van der Waals surface area (Å²) in [6, 6.07) is 6.27. The van der Waals surface area contributed by atoms with Gasteiger partial charge < -0.3 is 15.6 Å². The molecule has 1 unspecified atom stereocenters. The van der Waals surface area contributed by atoms with E-state index in [9.17, 15) is 4.79 Å². The summed E-state index contributed by atoms with van der Waals surface area (Å²) in [6.45, 7) is 0.310. The first-order valence-electron chi connectivity index (χ1n) is 4.23. The third-order valence-electron chi connectivity index (χ3n) is 1.94. The van der Waals surface area contributed by atoms with Crippen LogP contribution in [0.5, 0.6) is 0 Å². The average molecular weight is 195 g/mol. The maximum atomic E-state index is 10.8. The number of carboxylic acid groups (broad SMARTS) is 1. The Morgan fingerprint density at radius 3 is 2.79 bits per heavy atom. The van der Waals surface area contributed by atoms with Gasteiger partial charge in [-0.25, -0.2) is 4.79 Å². The zero-order valence-electron chi connectivity index (χ0n) is 7.93. The third-order valence-corrected chi connectivity index (χ3v) is 1.94. The molecule has 3 N–H and O–H groups in total. The third kappa shape index (κ3) is 2.31. The SMILES string of the molecule is COCC(N)c1ccccc1C(=O)O. The lowest BCUT2D eigenvalue weighted by Gasteiger charge is -2.12. The van der Waals surface area contributed by atoms with Gasteiger partial charge in [-0.05, 0) is 11.6 Å². The van der Waals surface area contributed by atoms with Crippen molar-refractivity contribution in [3.05, 3.63) is 35.4 Å². The lowest BCUT2D eigenvalue weighted by Crippen LogP contribution is -2.19. The number of carboxylic acids is 1. The number of rotatable bonds is 4. The molecule has 14 heavy (non-hydrogen) atoms. The highest BCUT2D eigenvalue weighted by molar-refractivity contribution is 5.89. The van der Waals surface area contributed by atoms with Crippen molar-refractivity contribution < 1.29 is 14.6 Å². The molecule has 0 radical (unpaired) electrons. The Morgan fingerprint density at radius 1 is 1.57 bits per heavy atom. The van der Waals surface area contributed by atoms with Crippen molar-refractivity contribution in [2.24, 2.45) is 5.73 Å². The van der Waals surface area contributed by atoms with Crippen LogP contribution in [0.3, 0.4) is 0 Å². The highest BCUT2D eigenvalue weighted by Crippen LogP contribution is 2.16. The van der Waals surface area contributed by atoms with E-state index in [1.807, 2.05) is 0 Å². The van der Waals surface area contributed by atoms with E-state index in [4.69, 9.17) is 15.6 Å². The van der Waals surface area contributed by atoms with Crippen molar-refractivity contribution in [1.82, 2.24) is 0 Å². The first-order chi connectivity index (χ1) is 6.66. The van der Waals surface area contributed by atoms with Crippen LogP contribution in [0.2, 0.25) is 0 Å². The molecule has 0 fully saturated rings. The maximum absolute atomic E-state index is 10.8. The van der Waals surface area contributed by atoms with Gasteiger partial charge in [-0.1, -0.05) is 18.2 Å². The molecular formula is C10H13NO3. The van der Waals surface area contributed by atoms with Crippen molar-refractivity contribution in [3.63, 3.8) is 0 Å². The predicted octanol–water partition coefficient (Wildman–Crippen LogP) is 1.03. The van der Waals surface area contributed by atoms with Gasteiger partial charge >= 0.3 is 5.97 Å². The number of hydrogen-bond acceptors (Lipinski definition) is 3. The lowest BCUT2D eigenvalue weighted by molar-refractivity contribution is 0.0694. The minimum Gasteiger partial charge on any atom is -0.478 e. The summed E-state index contributed by atoms with van der Waals surface area (Å²) < 4.78 is 4.87. The lowest BCUT2D eigenvalue weighted by atomic mass is 10.0. The fourth-order valence-electron chi connectivity index (χ4n) is 1.28. The van der Waals surface area contributed by atoms with Crippen LogP contribution >= 0.6 is 0 Å². The van der Waals surface area contributed by atoms with Crippen LogP contribution in [0.15, 0.2) is 24.3 Å². The van der Waals surface area contributed by atoms with Crippen molar-refractivity contribution in [3.8, 4) is 0 Å². The quantitative estimate of drug-likeness (QED) is 0.752. The van der Waals surface area contributed by atoms with Crippen molar-refractivity contribution in [1.29, 1.82) is 0 Å². The molecule has 0 aliphatic heterocycles. The number of aromatic carboxylic acids is 1. The molecule has 76 valence electrons. The number of ether oxygens (including phenoxy) is 1. The molecule has 4 heteroatoms. The molecule has 0 bridgehead atoms. The molecule has 1 atom stereocenters. The van der Waals surface area contributed by atoms with E-state index in [-0.39, 0.29) is 5.56 Å². The molecule has 4 nitrogen and oxygen atoms in total. The molecule has 0 aromatic heterocycles. The van der Waals surface area contributed by atoms with E-state index in [1.165, 1.54) is 13.2 Å². The van der Waals surface area contributed by atoms with Crippen LogP contribution in [-0.4, -0.2) is 24.8 Å². The summed E-state index contributed by atoms with van der Waals surface area (Å²) in [5.74, 6) is -0.966. The van der Waals surface area contributed by atoms with E-state index in [1.54, 1.807) is 18.2 Å². The second kappa shape index (κ2) is 4.74. The topological polar surface area (TPSA) is 72.5 Å². The second-order valence-electron chi connectivity index (χ2n) is 2.95. The van der Waals surface area contributed by atoms with Crippen LogP contribution in [0.1, 0.15) is 22.0 Å². The molecule has 0 spiro atoms. The summed E-state index contributed by atoms with van der Waals surface area (Å²) in [5, 5.41) is 8.89. The van der Waals surface area contributed by atoms with Crippen LogP contribution in [0.25, 0.3) is 0 Å². The molecule has 1 aromatic carbocycles. The molecule has 0 amide bonds. The Hall–Kier alpha value is -1.39. The first kappa shape index (κ1) is 10.7. The number of hydrogen-bond donors (Lipinski definition) is 2. The van der Waals surface area contributed by atoms with E-state index in [0.717, 1.165) is 0 Å². The number of nitrogens with two attached hydrogens (primary N) is 1. The average Bonchev–Trinajstić information content (AvgIpc) is 2.18. The number of benzene rings is 1. The number of methoxy groups -OCH3 is 1. The highest BCUT2D eigenvalue weighted by Gasteiger charge is 2.14. The van der Waals surface area contributed by atoms with Crippen LogP contribution in [-0.2, 0) is 4.74 Å². The van der Waals surface area contributed by atoms with Gasteiger partial charge in [0.25, 0.3) is 0 Å². The second-order valence-corrected chi connectivity index (χ2v) is 2.95. The van der Waals surface area contributed by atoms with Gasteiger partial charge in [-0.3, -0.25) is 0 Å². The molecule has 1 aromatic rings. The molecule has 0 aliphatic rings.